The normalized spacial score (nSPS) is 14.5. The molecule has 0 amide bonds. The minimum Gasteiger partial charge on any atom is -0.431 e. The molecule has 0 aliphatic carbocycles. The lowest BCUT2D eigenvalue weighted by molar-refractivity contribution is -0.136. The number of hydrogen-bond acceptors (Lipinski definition) is 3. The molecule has 0 aliphatic heterocycles. The van der Waals surface area contributed by atoms with E-state index in [-0.39, 0.29) is 18.0 Å². The van der Waals surface area contributed by atoms with Crippen LogP contribution < -0.4 is 0 Å². The zero-order valence-corrected chi connectivity index (χ0v) is 14.3. The number of aliphatic hydroxyl groups excluding tert-OH is 1. The molecule has 0 radical (unpaired) electrons. The zero-order valence-electron chi connectivity index (χ0n) is 14.3. The summed E-state index contributed by atoms with van der Waals surface area (Å²) in [5.74, 6) is 0.706. The molecular weight excluding hydrogens is 276 g/mol. The van der Waals surface area contributed by atoms with Crippen LogP contribution in [0.25, 0.3) is 0 Å². The van der Waals surface area contributed by atoms with Gasteiger partial charge in [-0.3, -0.25) is 4.79 Å². The Bertz CT molecular complexity index is 428. The van der Waals surface area contributed by atoms with Crippen molar-refractivity contribution in [3.8, 4) is 0 Å². The average Bonchev–Trinajstić information content (AvgIpc) is 2.43. The zero-order chi connectivity index (χ0) is 17.0. The largest absolute Gasteiger partial charge is 0.431 e. The van der Waals surface area contributed by atoms with Gasteiger partial charge in [-0.1, -0.05) is 57.7 Å². The fraction of sp³-hybridized carbons (Fsp3) is 0.526. The van der Waals surface area contributed by atoms with E-state index in [4.69, 9.17) is 9.84 Å². The van der Waals surface area contributed by atoms with Crippen LogP contribution in [0.2, 0.25) is 0 Å². The number of hydrogen-bond donors (Lipinski definition) is 1. The summed E-state index contributed by atoms with van der Waals surface area (Å²) in [7, 11) is 0. The van der Waals surface area contributed by atoms with Crippen LogP contribution in [-0.4, -0.2) is 17.7 Å². The fourth-order valence-corrected chi connectivity index (χ4v) is 1.87. The number of ether oxygens (including phenoxy) is 1. The topological polar surface area (TPSA) is 46.5 Å². The van der Waals surface area contributed by atoms with Crippen molar-refractivity contribution in [3.05, 3.63) is 48.8 Å². The summed E-state index contributed by atoms with van der Waals surface area (Å²) >= 11 is 0. The van der Waals surface area contributed by atoms with Crippen molar-refractivity contribution < 1.29 is 14.6 Å². The second-order valence-corrected chi connectivity index (χ2v) is 6.06. The van der Waals surface area contributed by atoms with E-state index in [2.05, 4.69) is 39.5 Å². The Morgan fingerprint density at radius 1 is 1.32 bits per heavy atom. The van der Waals surface area contributed by atoms with E-state index >= 15 is 0 Å². The molecule has 0 aliphatic rings. The Morgan fingerprint density at radius 2 is 2.00 bits per heavy atom. The minimum atomic E-state index is -0.315. The Hall–Kier alpha value is -1.61. The summed E-state index contributed by atoms with van der Waals surface area (Å²) in [6.45, 7) is 11.8. The third-order valence-corrected chi connectivity index (χ3v) is 3.66. The first-order valence-electron chi connectivity index (χ1n) is 7.76. The van der Waals surface area contributed by atoms with Crippen LogP contribution in [0.3, 0.4) is 0 Å². The summed E-state index contributed by atoms with van der Waals surface area (Å²) in [5, 5.41) is 8.80. The predicted molar refractivity (Wildman–Crippen MR) is 92.2 cm³/mol. The molecular formula is C19H30O3. The molecule has 124 valence electrons. The molecule has 0 heterocycles. The van der Waals surface area contributed by atoms with E-state index in [0.717, 1.165) is 6.42 Å². The third-order valence-electron chi connectivity index (χ3n) is 3.66. The van der Waals surface area contributed by atoms with Gasteiger partial charge in [0.05, 0.1) is 0 Å². The second kappa shape index (κ2) is 11.0. The number of rotatable bonds is 10. The third kappa shape index (κ3) is 9.35. The number of esters is 1. The van der Waals surface area contributed by atoms with Gasteiger partial charge in [-0.25, -0.2) is 0 Å². The van der Waals surface area contributed by atoms with Gasteiger partial charge in [-0.2, -0.15) is 0 Å². The van der Waals surface area contributed by atoms with Crippen LogP contribution in [-0.2, 0) is 9.53 Å². The first-order valence-corrected chi connectivity index (χ1v) is 7.76. The van der Waals surface area contributed by atoms with Gasteiger partial charge < -0.3 is 9.84 Å². The van der Waals surface area contributed by atoms with Crippen LogP contribution in [0.4, 0.5) is 0 Å². The number of aliphatic hydroxyl groups is 1. The molecule has 1 unspecified atom stereocenters. The number of allylic oxidation sites excluding steroid dienone is 5. The van der Waals surface area contributed by atoms with Crippen molar-refractivity contribution in [3.63, 3.8) is 0 Å². The highest BCUT2D eigenvalue weighted by Crippen LogP contribution is 2.32. The summed E-state index contributed by atoms with van der Waals surface area (Å²) in [6.07, 6.45) is 13.9. The lowest BCUT2D eigenvalue weighted by Gasteiger charge is -2.28. The monoisotopic (exact) mass is 306 g/mol. The van der Waals surface area contributed by atoms with Crippen LogP contribution in [0, 0.1) is 11.3 Å². The fourth-order valence-electron chi connectivity index (χ4n) is 1.87. The minimum absolute atomic E-state index is 0.131. The maximum absolute atomic E-state index is 11.0. The van der Waals surface area contributed by atoms with Crippen LogP contribution in [0.5, 0.6) is 0 Å². The first-order chi connectivity index (χ1) is 10.3. The predicted octanol–water partition coefficient (Wildman–Crippen LogP) is 4.56. The van der Waals surface area contributed by atoms with Crippen LogP contribution >= 0.6 is 0 Å². The first kappa shape index (κ1) is 20.4. The molecule has 0 rings (SSSR count). The van der Waals surface area contributed by atoms with E-state index in [1.807, 2.05) is 12.2 Å². The maximum Gasteiger partial charge on any atom is 0.307 e. The van der Waals surface area contributed by atoms with Crippen molar-refractivity contribution in [2.24, 2.45) is 11.3 Å². The van der Waals surface area contributed by atoms with Gasteiger partial charge >= 0.3 is 5.97 Å². The molecule has 0 saturated heterocycles. The summed E-state index contributed by atoms with van der Waals surface area (Å²) in [4.78, 5) is 11.0. The molecule has 0 aromatic heterocycles. The molecule has 22 heavy (non-hydrogen) atoms. The van der Waals surface area contributed by atoms with Gasteiger partial charge in [-0.15, -0.1) is 0 Å². The van der Waals surface area contributed by atoms with Crippen LogP contribution in [0.15, 0.2) is 48.8 Å². The van der Waals surface area contributed by atoms with Crippen LogP contribution in [0.1, 0.15) is 47.0 Å². The molecule has 3 heteroatoms. The number of carbonyl (C=O) groups excluding carboxylic acids is 1. The molecule has 0 aromatic carbocycles. The highest BCUT2D eigenvalue weighted by molar-refractivity contribution is 5.67. The molecule has 0 aromatic rings. The molecule has 0 fully saturated rings. The lowest BCUT2D eigenvalue weighted by Crippen LogP contribution is -2.19. The SMILES string of the molecule is C=C/C=C(\C/C=C\CC(C)(C)C(C)/C=C\CCO)OC(C)=O. The standard InChI is InChI=1S/C19H30O3/c1-6-11-18(22-17(3)21)13-7-9-14-19(4,5)16(2)12-8-10-15-20/h6-9,11-12,16,20H,1,10,13-15H2,2-5H3/b9-7-,12-8-,18-11+. The van der Waals surface area contributed by atoms with Crippen molar-refractivity contribution in [1.82, 2.24) is 0 Å². The van der Waals surface area contributed by atoms with Gasteiger partial charge in [0, 0.05) is 20.0 Å². The summed E-state index contributed by atoms with van der Waals surface area (Å²) < 4.78 is 5.10. The molecule has 0 bridgehead atoms. The molecule has 1 N–H and O–H groups in total. The molecule has 0 saturated carbocycles. The van der Waals surface area contributed by atoms with Crippen molar-refractivity contribution >= 4 is 5.97 Å². The van der Waals surface area contributed by atoms with Crippen molar-refractivity contribution in [1.29, 1.82) is 0 Å². The molecule has 0 spiro atoms. The van der Waals surface area contributed by atoms with E-state index in [0.29, 0.717) is 24.5 Å². The van der Waals surface area contributed by atoms with Crippen molar-refractivity contribution in [2.45, 2.75) is 47.0 Å². The smallest absolute Gasteiger partial charge is 0.307 e. The highest BCUT2D eigenvalue weighted by atomic mass is 16.5. The Morgan fingerprint density at radius 3 is 2.55 bits per heavy atom. The van der Waals surface area contributed by atoms with Gasteiger partial charge in [0.1, 0.15) is 5.76 Å². The van der Waals surface area contributed by atoms with E-state index in [1.165, 1.54) is 6.92 Å². The van der Waals surface area contributed by atoms with E-state index in [9.17, 15) is 4.79 Å². The van der Waals surface area contributed by atoms with Gasteiger partial charge in [-0.05, 0) is 30.3 Å². The Labute approximate surface area is 135 Å². The molecule has 1 atom stereocenters. The quantitative estimate of drug-likeness (QED) is 0.278. The lowest BCUT2D eigenvalue weighted by atomic mass is 9.77. The Balaban J connectivity index is 4.47. The average molecular weight is 306 g/mol. The number of carbonyl (C=O) groups is 1. The van der Waals surface area contributed by atoms with E-state index < -0.39 is 0 Å². The summed E-state index contributed by atoms with van der Waals surface area (Å²) in [5.41, 5.74) is 0.131. The van der Waals surface area contributed by atoms with Gasteiger partial charge in [0.15, 0.2) is 0 Å². The Kier molecular flexibility index (Phi) is 10.2. The van der Waals surface area contributed by atoms with E-state index in [1.54, 1.807) is 12.2 Å². The second-order valence-electron chi connectivity index (χ2n) is 6.06. The summed E-state index contributed by atoms with van der Waals surface area (Å²) in [6, 6.07) is 0. The highest BCUT2D eigenvalue weighted by Gasteiger charge is 2.22. The van der Waals surface area contributed by atoms with Crippen molar-refractivity contribution in [2.75, 3.05) is 6.61 Å². The van der Waals surface area contributed by atoms with Gasteiger partial charge in [0.25, 0.3) is 0 Å². The van der Waals surface area contributed by atoms with Gasteiger partial charge in [0.2, 0.25) is 0 Å². The molecule has 3 nitrogen and oxygen atoms in total. The maximum atomic E-state index is 11.0.